The van der Waals surface area contributed by atoms with Crippen LogP contribution in [-0.2, 0) is 0 Å². The minimum Gasteiger partial charge on any atom is -0.397 e. The molecule has 0 fully saturated rings. The van der Waals surface area contributed by atoms with Crippen LogP contribution in [0.1, 0.15) is 15.9 Å². The monoisotopic (exact) mass is 263 g/mol. The second kappa shape index (κ2) is 5.01. The molecule has 1 amide bonds. The summed E-state index contributed by atoms with van der Waals surface area (Å²) < 4.78 is 26.2. The van der Waals surface area contributed by atoms with Gasteiger partial charge in [0.2, 0.25) is 0 Å². The standard InChI is InChI=1S/C13H11F2N3O/c1-7-4-9(16)6-17-12(7)18-13(19)10-3-2-8(14)5-11(10)15/h2-6H,16H2,1H3,(H,17,18,19). The normalized spacial score (nSPS) is 10.3. The molecular formula is C13H11F2N3O. The topological polar surface area (TPSA) is 68.0 Å². The minimum absolute atomic E-state index is 0.251. The molecule has 3 N–H and O–H groups in total. The molecule has 1 heterocycles. The number of nitrogens with zero attached hydrogens (tertiary/aromatic N) is 1. The number of benzene rings is 1. The van der Waals surface area contributed by atoms with Crippen LogP contribution in [0.2, 0.25) is 0 Å². The van der Waals surface area contributed by atoms with E-state index in [1.807, 2.05) is 0 Å². The van der Waals surface area contributed by atoms with Crippen molar-refractivity contribution in [1.82, 2.24) is 4.98 Å². The van der Waals surface area contributed by atoms with Gasteiger partial charge in [-0.25, -0.2) is 13.8 Å². The van der Waals surface area contributed by atoms with Crippen LogP contribution in [0, 0.1) is 18.6 Å². The third-order valence-electron chi connectivity index (χ3n) is 2.51. The highest BCUT2D eigenvalue weighted by Crippen LogP contribution is 2.16. The summed E-state index contributed by atoms with van der Waals surface area (Å²) in [5.41, 5.74) is 6.39. The van der Waals surface area contributed by atoms with Gasteiger partial charge in [-0.15, -0.1) is 0 Å². The van der Waals surface area contributed by atoms with Gasteiger partial charge in [-0.1, -0.05) is 0 Å². The fourth-order valence-electron chi connectivity index (χ4n) is 1.58. The Hall–Kier alpha value is -2.50. The number of aromatic nitrogens is 1. The molecule has 0 saturated carbocycles. The van der Waals surface area contributed by atoms with Crippen LogP contribution in [-0.4, -0.2) is 10.9 Å². The highest BCUT2D eigenvalue weighted by atomic mass is 19.1. The number of nitrogens with two attached hydrogens (primary N) is 1. The predicted octanol–water partition coefficient (Wildman–Crippen LogP) is 2.50. The first-order valence-corrected chi connectivity index (χ1v) is 5.46. The summed E-state index contributed by atoms with van der Waals surface area (Å²) in [4.78, 5) is 15.8. The molecule has 6 heteroatoms. The van der Waals surface area contributed by atoms with Gasteiger partial charge in [-0.3, -0.25) is 4.79 Å². The first-order chi connectivity index (χ1) is 8.97. The lowest BCUT2D eigenvalue weighted by Crippen LogP contribution is -2.15. The number of nitrogens with one attached hydrogen (secondary N) is 1. The van der Waals surface area contributed by atoms with Gasteiger partial charge >= 0.3 is 0 Å². The summed E-state index contributed by atoms with van der Waals surface area (Å²) in [5.74, 6) is -2.08. The zero-order valence-corrected chi connectivity index (χ0v) is 10.1. The molecule has 0 aliphatic heterocycles. The number of anilines is 2. The van der Waals surface area contributed by atoms with Crippen molar-refractivity contribution in [1.29, 1.82) is 0 Å². The Labute approximate surface area is 108 Å². The molecule has 98 valence electrons. The third-order valence-corrected chi connectivity index (χ3v) is 2.51. The lowest BCUT2D eigenvalue weighted by atomic mass is 10.2. The van der Waals surface area contributed by atoms with E-state index in [-0.39, 0.29) is 11.4 Å². The maximum Gasteiger partial charge on any atom is 0.259 e. The molecule has 0 radical (unpaired) electrons. The SMILES string of the molecule is Cc1cc(N)cnc1NC(=O)c1ccc(F)cc1F. The number of hydrogen-bond acceptors (Lipinski definition) is 3. The summed E-state index contributed by atoms with van der Waals surface area (Å²) in [6.07, 6.45) is 1.38. The maximum atomic E-state index is 13.4. The molecule has 1 aromatic carbocycles. The number of hydrogen-bond donors (Lipinski definition) is 2. The maximum absolute atomic E-state index is 13.4. The van der Waals surface area contributed by atoms with E-state index in [1.54, 1.807) is 13.0 Å². The number of nitrogen functional groups attached to an aromatic ring is 1. The third kappa shape index (κ3) is 2.85. The average molecular weight is 263 g/mol. The summed E-state index contributed by atoms with van der Waals surface area (Å²) in [6.45, 7) is 1.71. The van der Waals surface area contributed by atoms with Crippen molar-refractivity contribution in [2.45, 2.75) is 6.92 Å². The van der Waals surface area contributed by atoms with Crippen molar-refractivity contribution in [2.24, 2.45) is 0 Å². The van der Waals surface area contributed by atoms with E-state index in [2.05, 4.69) is 10.3 Å². The fourth-order valence-corrected chi connectivity index (χ4v) is 1.58. The second-order valence-electron chi connectivity index (χ2n) is 4.01. The number of rotatable bonds is 2. The van der Waals surface area contributed by atoms with E-state index in [4.69, 9.17) is 5.73 Å². The van der Waals surface area contributed by atoms with Gasteiger partial charge in [0, 0.05) is 6.07 Å². The van der Waals surface area contributed by atoms with E-state index in [9.17, 15) is 13.6 Å². The van der Waals surface area contributed by atoms with Gasteiger partial charge in [0.25, 0.3) is 5.91 Å². The summed E-state index contributed by atoms with van der Waals surface area (Å²) >= 11 is 0. The van der Waals surface area contributed by atoms with Crippen molar-refractivity contribution in [2.75, 3.05) is 11.1 Å². The first kappa shape index (κ1) is 12.9. The number of carbonyl (C=O) groups excluding carboxylic acids is 1. The van der Waals surface area contributed by atoms with Crippen molar-refractivity contribution in [3.63, 3.8) is 0 Å². The average Bonchev–Trinajstić information content (AvgIpc) is 2.32. The zero-order chi connectivity index (χ0) is 14.0. The molecule has 1 aromatic heterocycles. The van der Waals surface area contributed by atoms with Crippen LogP contribution in [0.4, 0.5) is 20.3 Å². The molecule has 0 aliphatic carbocycles. The van der Waals surface area contributed by atoms with Crippen LogP contribution in [0.25, 0.3) is 0 Å². The molecule has 0 saturated heterocycles. The number of aryl methyl sites for hydroxylation is 1. The number of pyridine rings is 1. The van der Waals surface area contributed by atoms with E-state index in [0.717, 1.165) is 12.1 Å². The quantitative estimate of drug-likeness (QED) is 0.874. The molecular weight excluding hydrogens is 252 g/mol. The Kier molecular flexibility index (Phi) is 3.41. The van der Waals surface area contributed by atoms with Crippen LogP contribution in [0.5, 0.6) is 0 Å². The van der Waals surface area contributed by atoms with Crippen LogP contribution in [0.3, 0.4) is 0 Å². The fraction of sp³-hybridized carbons (Fsp3) is 0.0769. The van der Waals surface area contributed by atoms with Gasteiger partial charge in [0.1, 0.15) is 17.5 Å². The van der Waals surface area contributed by atoms with Crippen molar-refractivity contribution in [3.8, 4) is 0 Å². The Morgan fingerprint density at radius 1 is 1.32 bits per heavy atom. The van der Waals surface area contributed by atoms with E-state index >= 15 is 0 Å². The lowest BCUT2D eigenvalue weighted by Gasteiger charge is -2.08. The van der Waals surface area contributed by atoms with Crippen LogP contribution < -0.4 is 11.1 Å². The second-order valence-corrected chi connectivity index (χ2v) is 4.01. The Morgan fingerprint density at radius 2 is 2.05 bits per heavy atom. The van der Waals surface area contributed by atoms with Crippen LogP contribution >= 0.6 is 0 Å². The van der Waals surface area contributed by atoms with Gasteiger partial charge in [0.05, 0.1) is 17.4 Å². The molecule has 0 aliphatic rings. The number of halogens is 2. The molecule has 0 bridgehead atoms. The molecule has 2 aromatic rings. The van der Waals surface area contributed by atoms with Gasteiger partial charge in [0.15, 0.2) is 0 Å². The highest BCUT2D eigenvalue weighted by molar-refractivity contribution is 6.04. The van der Waals surface area contributed by atoms with Gasteiger partial charge in [-0.2, -0.15) is 0 Å². The molecule has 2 rings (SSSR count). The summed E-state index contributed by atoms with van der Waals surface area (Å²) in [5, 5.41) is 2.45. The first-order valence-electron chi connectivity index (χ1n) is 5.46. The zero-order valence-electron chi connectivity index (χ0n) is 10.1. The predicted molar refractivity (Wildman–Crippen MR) is 67.7 cm³/mol. The molecule has 19 heavy (non-hydrogen) atoms. The lowest BCUT2D eigenvalue weighted by molar-refractivity contribution is 0.102. The van der Waals surface area contributed by atoms with E-state index < -0.39 is 17.5 Å². The largest absolute Gasteiger partial charge is 0.397 e. The summed E-state index contributed by atoms with van der Waals surface area (Å²) in [7, 11) is 0. The van der Waals surface area contributed by atoms with Crippen molar-refractivity contribution < 1.29 is 13.6 Å². The van der Waals surface area contributed by atoms with Gasteiger partial charge in [-0.05, 0) is 30.7 Å². The van der Waals surface area contributed by atoms with Crippen LogP contribution in [0.15, 0.2) is 30.5 Å². The Bertz CT molecular complexity index is 644. The van der Waals surface area contributed by atoms with Crippen molar-refractivity contribution >= 4 is 17.4 Å². The summed E-state index contributed by atoms with van der Waals surface area (Å²) in [6, 6.07) is 4.37. The van der Waals surface area contributed by atoms with Crippen molar-refractivity contribution in [3.05, 3.63) is 53.2 Å². The smallest absolute Gasteiger partial charge is 0.259 e. The Balaban J connectivity index is 2.25. The molecule has 0 atom stereocenters. The van der Waals surface area contributed by atoms with Gasteiger partial charge < -0.3 is 11.1 Å². The minimum atomic E-state index is -0.925. The van der Waals surface area contributed by atoms with E-state index in [1.165, 1.54) is 6.20 Å². The molecule has 0 unspecified atom stereocenters. The molecule has 0 spiro atoms. The molecule has 4 nitrogen and oxygen atoms in total. The highest BCUT2D eigenvalue weighted by Gasteiger charge is 2.14. The van der Waals surface area contributed by atoms with E-state index in [0.29, 0.717) is 17.3 Å². The Morgan fingerprint density at radius 3 is 2.68 bits per heavy atom. The number of carbonyl (C=O) groups is 1. The number of amides is 1.